The van der Waals surface area contributed by atoms with Gasteiger partial charge >= 0.3 is 6.09 Å². The van der Waals surface area contributed by atoms with Crippen LogP contribution in [0.4, 0.5) is 4.79 Å². The number of aryl methyl sites for hydroxylation is 1. The van der Waals surface area contributed by atoms with Gasteiger partial charge in [-0.05, 0) is 46.2 Å². The molecule has 1 aromatic heterocycles. The summed E-state index contributed by atoms with van der Waals surface area (Å²) in [6.45, 7) is 9.94. The van der Waals surface area contributed by atoms with Crippen molar-refractivity contribution in [2.24, 2.45) is 0 Å². The highest BCUT2D eigenvalue weighted by Gasteiger charge is 2.26. The van der Waals surface area contributed by atoms with Crippen LogP contribution in [0.3, 0.4) is 0 Å². The molecule has 0 atom stereocenters. The molecule has 5 nitrogen and oxygen atoms in total. The van der Waals surface area contributed by atoms with Gasteiger partial charge in [0.15, 0.2) is 0 Å². The van der Waals surface area contributed by atoms with Crippen LogP contribution in [-0.2, 0) is 4.74 Å². The Morgan fingerprint density at radius 3 is 2.32 bits per heavy atom. The fourth-order valence-electron chi connectivity index (χ4n) is 2.33. The van der Waals surface area contributed by atoms with E-state index in [1.54, 1.807) is 4.90 Å². The maximum Gasteiger partial charge on any atom is 0.410 e. The lowest BCUT2D eigenvalue weighted by Crippen LogP contribution is -2.40. The minimum absolute atomic E-state index is 0.0594. The first kappa shape index (κ1) is 16.8. The minimum Gasteiger partial charge on any atom is -0.444 e. The highest BCUT2D eigenvalue weighted by atomic mass is 32.1. The average Bonchev–Trinajstić information content (AvgIpc) is 2.70. The number of carbonyl (C=O) groups is 2. The molecule has 22 heavy (non-hydrogen) atoms. The fourth-order valence-corrected chi connectivity index (χ4v) is 3.17. The highest BCUT2D eigenvalue weighted by Crippen LogP contribution is 2.19. The summed E-state index contributed by atoms with van der Waals surface area (Å²) >= 11 is 1.51. The zero-order valence-corrected chi connectivity index (χ0v) is 14.5. The molecule has 6 heteroatoms. The van der Waals surface area contributed by atoms with Gasteiger partial charge in [0.2, 0.25) is 0 Å². The Labute approximate surface area is 135 Å². The Morgan fingerprint density at radius 1 is 1.09 bits per heavy atom. The lowest BCUT2D eigenvalue weighted by Gasteiger charge is -2.26. The number of rotatable bonds is 1. The number of amides is 2. The summed E-state index contributed by atoms with van der Waals surface area (Å²) in [6.07, 6.45) is 0.476. The van der Waals surface area contributed by atoms with E-state index in [9.17, 15) is 9.59 Å². The molecule has 1 aromatic rings. The number of carbonyl (C=O) groups excluding carboxylic acids is 2. The second-order valence-electron chi connectivity index (χ2n) is 6.52. The van der Waals surface area contributed by atoms with E-state index in [0.29, 0.717) is 26.2 Å². The Morgan fingerprint density at radius 2 is 1.73 bits per heavy atom. The van der Waals surface area contributed by atoms with E-state index in [1.165, 1.54) is 11.3 Å². The van der Waals surface area contributed by atoms with Gasteiger partial charge in [-0.3, -0.25) is 4.79 Å². The maximum absolute atomic E-state index is 12.5. The molecule has 0 saturated carbocycles. The number of hydrogen-bond donors (Lipinski definition) is 0. The molecule has 1 aliphatic rings. The molecule has 0 spiro atoms. The second kappa shape index (κ2) is 6.69. The molecular formula is C16H24N2O3S. The predicted octanol–water partition coefficient (Wildman–Crippen LogP) is 3.14. The van der Waals surface area contributed by atoms with Crippen LogP contribution >= 0.6 is 11.3 Å². The van der Waals surface area contributed by atoms with Gasteiger partial charge in [0.25, 0.3) is 5.91 Å². The van der Waals surface area contributed by atoms with E-state index < -0.39 is 5.60 Å². The molecule has 0 unspecified atom stereocenters. The smallest absolute Gasteiger partial charge is 0.410 e. The fraction of sp³-hybridized carbons (Fsp3) is 0.625. The van der Waals surface area contributed by atoms with Crippen LogP contribution in [0, 0.1) is 6.92 Å². The Kier molecular flexibility index (Phi) is 5.11. The van der Waals surface area contributed by atoms with Crippen LogP contribution in [0.5, 0.6) is 0 Å². The van der Waals surface area contributed by atoms with E-state index >= 15 is 0 Å². The maximum atomic E-state index is 12.5. The lowest BCUT2D eigenvalue weighted by atomic mass is 10.2. The molecular weight excluding hydrogens is 300 g/mol. The summed E-state index contributed by atoms with van der Waals surface area (Å²) in [7, 11) is 0. The summed E-state index contributed by atoms with van der Waals surface area (Å²) in [5.41, 5.74) is -0.493. The van der Waals surface area contributed by atoms with Gasteiger partial charge in [-0.2, -0.15) is 0 Å². The summed E-state index contributed by atoms with van der Waals surface area (Å²) in [5.74, 6) is 0.0594. The second-order valence-corrected chi connectivity index (χ2v) is 7.81. The molecule has 1 aliphatic heterocycles. The van der Waals surface area contributed by atoms with E-state index in [2.05, 4.69) is 0 Å². The van der Waals surface area contributed by atoms with Crippen molar-refractivity contribution < 1.29 is 14.3 Å². The van der Waals surface area contributed by atoms with Crippen LogP contribution < -0.4 is 0 Å². The largest absolute Gasteiger partial charge is 0.444 e. The van der Waals surface area contributed by atoms with Crippen LogP contribution in [0.1, 0.15) is 41.7 Å². The van der Waals surface area contributed by atoms with Crippen molar-refractivity contribution in [2.75, 3.05) is 26.2 Å². The summed E-state index contributed by atoms with van der Waals surface area (Å²) in [6, 6.07) is 3.83. The van der Waals surface area contributed by atoms with E-state index in [1.807, 2.05) is 44.7 Å². The van der Waals surface area contributed by atoms with Gasteiger partial charge in [-0.1, -0.05) is 0 Å². The molecule has 122 valence electrons. The summed E-state index contributed by atoms with van der Waals surface area (Å²) in [4.78, 5) is 30.0. The van der Waals surface area contributed by atoms with Crippen LogP contribution in [0.2, 0.25) is 0 Å². The molecule has 0 aliphatic carbocycles. The van der Waals surface area contributed by atoms with Gasteiger partial charge in [0.05, 0.1) is 4.88 Å². The summed E-state index contributed by atoms with van der Waals surface area (Å²) < 4.78 is 5.40. The molecule has 1 saturated heterocycles. The van der Waals surface area contributed by atoms with E-state index in [0.717, 1.165) is 16.2 Å². The van der Waals surface area contributed by atoms with Crippen LogP contribution in [-0.4, -0.2) is 53.6 Å². The Balaban J connectivity index is 1.95. The van der Waals surface area contributed by atoms with Gasteiger partial charge in [-0.25, -0.2) is 4.79 Å². The van der Waals surface area contributed by atoms with Crippen molar-refractivity contribution in [3.8, 4) is 0 Å². The predicted molar refractivity (Wildman–Crippen MR) is 87.4 cm³/mol. The SMILES string of the molecule is Cc1ccc(C(=O)N2CCCN(C(=O)OC(C)(C)C)CC2)s1. The average molecular weight is 324 g/mol. The number of nitrogens with zero attached hydrogens (tertiary/aromatic N) is 2. The number of ether oxygens (including phenoxy) is 1. The Hall–Kier alpha value is -1.56. The van der Waals surface area contributed by atoms with Crippen molar-refractivity contribution in [3.63, 3.8) is 0 Å². The van der Waals surface area contributed by atoms with Crippen molar-refractivity contribution in [1.82, 2.24) is 9.80 Å². The van der Waals surface area contributed by atoms with Gasteiger partial charge in [0, 0.05) is 31.1 Å². The van der Waals surface area contributed by atoms with Gasteiger partial charge < -0.3 is 14.5 Å². The molecule has 2 amide bonds. The third-order valence-corrected chi connectivity index (χ3v) is 4.37. The van der Waals surface area contributed by atoms with Crippen molar-refractivity contribution in [1.29, 1.82) is 0 Å². The van der Waals surface area contributed by atoms with Crippen molar-refractivity contribution in [3.05, 3.63) is 21.9 Å². The molecule has 2 heterocycles. The monoisotopic (exact) mass is 324 g/mol. The van der Waals surface area contributed by atoms with Crippen molar-refractivity contribution >= 4 is 23.3 Å². The van der Waals surface area contributed by atoms with Crippen LogP contribution in [0.15, 0.2) is 12.1 Å². The molecule has 1 fully saturated rings. The zero-order valence-electron chi connectivity index (χ0n) is 13.7. The topological polar surface area (TPSA) is 49.9 Å². The normalized spacial score (nSPS) is 16.4. The molecule has 0 aromatic carbocycles. The van der Waals surface area contributed by atoms with Crippen LogP contribution in [0.25, 0.3) is 0 Å². The lowest BCUT2D eigenvalue weighted by molar-refractivity contribution is 0.0256. The first-order valence-corrected chi connectivity index (χ1v) is 8.41. The van der Waals surface area contributed by atoms with Crippen molar-refractivity contribution in [2.45, 2.75) is 39.7 Å². The number of thiophene rings is 1. The summed E-state index contributed by atoms with van der Waals surface area (Å²) in [5, 5.41) is 0. The number of hydrogen-bond acceptors (Lipinski definition) is 4. The first-order valence-electron chi connectivity index (χ1n) is 7.60. The molecule has 0 radical (unpaired) electrons. The quantitative estimate of drug-likeness (QED) is 0.797. The highest BCUT2D eigenvalue weighted by molar-refractivity contribution is 7.13. The molecule has 2 rings (SSSR count). The molecule has 0 N–H and O–H groups in total. The van der Waals surface area contributed by atoms with Gasteiger partial charge in [0.1, 0.15) is 5.60 Å². The van der Waals surface area contributed by atoms with E-state index in [-0.39, 0.29) is 12.0 Å². The van der Waals surface area contributed by atoms with E-state index in [4.69, 9.17) is 4.74 Å². The first-order chi connectivity index (χ1) is 10.3. The third-order valence-electron chi connectivity index (χ3n) is 3.39. The van der Waals surface area contributed by atoms with Gasteiger partial charge in [-0.15, -0.1) is 11.3 Å². The standard InChI is InChI=1S/C16H24N2O3S/c1-12-6-7-13(22-12)14(19)17-8-5-9-18(11-10-17)15(20)21-16(2,3)4/h6-7H,5,8-11H2,1-4H3. The minimum atomic E-state index is -0.493. The third kappa shape index (κ3) is 4.47. The molecule has 0 bridgehead atoms. The zero-order chi connectivity index (χ0) is 16.3. The Bertz CT molecular complexity index is 548.